The molecule has 3 nitrogen and oxygen atoms in total. The third kappa shape index (κ3) is 2.83. The first-order chi connectivity index (χ1) is 12.7. The van der Waals surface area contributed by atoms with Crippen LogP contribution in [-0.2, 0) is 0 Å². The van der Waals surface area contributed by atoms with Crippen LogP contribution in [0.2, 0.25) is 0 Å². The van der Waals surface area contributed by atoms with Crippen LogP contribution in [0.25, 0.3) is 21.3 Å². The smallest absolute Gasteiger partial charge is 0.212 e. The molecule has 0 radical (unpaired) electrons. The van der Waals surface area contributed by atoms with Crippen LogP contribution in [0.3, 0.4) is 0 Å². The molecule has 1 aliphatic heterocycles. The number of halogens is 1. The highest BCUT2D eigenvalue weighted by Crippen LogP contribution is 2.44. The molecule has 0 bridgehead atoms. The highest BCUT2D eigenvalue weighted by molar-refractivity contribution is 7.18. The number of benzene rings is 1. The van der Waals surface area contributed by atoms with Crippen molar-refractivity contribution in [3.05, 3.63) is 47.5 Å². The number of nitrogens with zero attached hydrogens (tertiary/aromatic N) is 3. The zero-order valence-corrected chi connectivity index (χ0v) is 15.7. The van der Waals surface area contributed by atoms with E-state index in [-0.39, 0.29) is 0 Å². The second-order valence-electron chi connectivity index (χ2n) is 7.66. The number of hydrogen-bond acceptors (Lipinski definition) is 4. The summed E-state index contributed by atoms with van der Waals surface area (Å²) in [6, 6.07) is 11.0. The Morgan fingerprint density at radius 3 is 2.73 bits per heavy atom. The number of rotatable bonds is 3. The van der Waals surface area contributed by atoms with Crippen LogP contribution < -0.4 is 0 Å². The first-order valence-electron chi connectivity index (χ1n) is 9.45. The Morgan fingerprint density at radius 2 is 2.00 bits per heavy atom. The fraction of sp³-hybridized carbons (Fsp3) is 0.429. The molecular formula is C21H22FN3S. The van der Waals surface area contributed by atoms with Gasteiger partial charge in [-0.15, -0.1) is 11.3 Å². The predicted octanol–water partition coefficient (Wildman–Crippen LogP) is 5.23. The molecule has 3 heterocycles. The van der Waals surface area contributed by atoms with E-state index in [1.54, 1.807) is 12.3 Å². The Morgan fingerprint density at radius 1 is 1.15 bits per heavy atom. The number of pyridine rings is 1. The zero-order valence-electron chi connectivity index (χ0n) is 14.9. The maximum atomic E-state index is 13.0. The molecule has 0 amide bonds. The number of fused-ring (bicyclic) bond motifs is 1. The van der Waals surface area contributed by atoms with Gasteiger partial charge in [-0.25, -0.2) is 9.97 Å². The average Bonchev–Trinajstić information content (AvgIpc) is 3.20. The van der Waals surface area contributed by atoms with Gasteiger partial charge in [0.25, 0.3) is 0 Å². The van der Waals surface area contributed by atoms with Crippen LogP contribution >= 0.6 is 11.3 Å². The van der Waals surface area contributed by atoms with Crippen LogP contribution in [0, 0.1) is 5.95 Å². The van der Waals surface area contributed by atoms with Crippen molar-refractivity contribution in [1.82, 2.24) is 14.9 Å². The van der Waals surface area contributed by atoms with E-state index in [0.717, 1.165) is 28.7 Å². The summed E-state index contributed by atoms with van der Waals surface area (Å²) in [5.41, 5.74) is 3.08. The van der Waals surface area contributed by atoms with Gasteiger partial charge in [0.05, 0.1) is 15.2 Å². The fourth-order valence-electron chi connectivity index (χ4n) is 4.40. The van der Waals surface area contributed by atoms with Crippen molar-refractivity contribution in [2.24, 2.45) is 0 Å². The quantitative estimate of drug-likeness (QED) is 0.594. The largest absolute Gasteiger partial charge is 0.298 e. The van der Waals surface area contributed by atoms with E-state index in [2.05, 4.69) is 35.0 Å². The van der Waals surface area contributed by atoms with Gasteiger partial charge in [-0.3, -0.25) is 4.90 Å². The third-order valence-electron chi connectivity index (χ3n) is 6.00. The SMILES string of the molecule is C[C@@H]1CCCN1C1CC(c2nc3ccc(-c4ccc(F)nc4)cc3s2)C1. The fourth-order valence-corrected chi connectivity index (χ4v) is 5.53. The van der Waals surface area contributed by atoms with Gasteiger partial charge >= 0.3 is 0 Å². The van der Waals surface area contributed by atoms with E-state index in [4.69, 9.17) is 4.98 Å². The molecule has 1 atom stereocenters. The lowest BCUT2D eigenvalue weighted by atomic mass is 9.79. The topological polar surface area (TPSA) is 29.0 Å². The Kier molecular flexibility index (Phi) is 4.02. The number of aromatic nitrogens is 2. The predicted molar refractivity (Wildman–Crippen MR) is 104 cm³/mol. The summed E-state index contributed by atoms with van der Waals surface area (Å²) >= 11 is 1.81. The van der Waals surface area contributed by atoms with Crippen LogP contribution in [0.1, 0.15) is 43.5 Å². The van der Waals surface area contributed by atoms with E-state index in [9.17, 15) is 4.39 Å². The molecule has 134 valence electrons. The Balaban J connectivity index is 1.35. The van der Waals surface area contributed by atoms with Crippen molar-refractivity contribution in [3.8, 4) is 11.1 Å². The highest BCUT2D eigenvalue weighted by Gasteiger charge is 2.39. The molecule has 5 rings (SSSR count). The van der Waals surface area contributed by atoms with E-state index < -0.39 is 5.95 Å². The van der Waals surface area contributed by atoms with Gasteiger partial charge in [-0.2, -0.15) is 4.39 Å². The molecular weight excluding hydrogens is 345 g/mol. The average molecular weight is 367 g/mol. The molecule has 1 aromatic carbocycles. The molecule has 2 fully saturated rings. The second-order valence-corrected chi connectivity index (χ2v) is 8.72. The molecule has 2 aromatic heterocycles. The summed E-state index contributed by atoms with van der Waals surface area (Å²) in [6.45, 7) is 3.64. The van der Waals surface area contributed by atoms with Crippen molar-refractivity contribution in [3.63, 3.8) is 0 Å². The first kappa shape index (κ1) is 16.3. The van der Waals surface area contributed by atoms with Gasteiger partial charge in [0, 0.05) is 29.8 Å². The van der Waals surface area contributed by atoms with Gasteiger partial charge in [0.15, 0.2) is 0 Å². The van der Waals surface area contributed by atoms with E-state index in [1.807, 2.05) is 11.3 Å². The zero-order chi connectivity index (χ0) is 17.7. The van der Waals surface area contributed by atoms with Gasteiger partial charge < -0.3 is 0 Å². The normalized spacial score (nSPS) is 26.3. The van der Waals surface area contributed by atoms with Gasteiger partial charge in [-0.1, -0.05) is 6.07 Å². The molecule has 26 heavy (non-hydrogen) atoms. The molecule has 2 aliphatic rings. The third-order valence-corrected chi connectivity index (χ3v) is 7.18. The Bertz CT molecular complexity index is 930. The highest BCUT2D eigenvalue weighted by atomic mass is 32.1. The Labute approximate surface area is 156 Å². The van der Waals surface area contributed by atoms with Gasteiger partial charge in [0.2, 0.25) is 5.95 Å². The van der Waals surface area contributed by atoms with Gasteiger partial charge in [0.1, 0.15) is 0 Å². The second kappa shape index (κ2) is 6.39. The standard InChI is InChI=1S/C21H22FN3S/c1-13-3-2-8-25(13)17-9-16(10-17)21-24-18-6-4-14(11-19(18)26-21)15-5-7-20(22)23-12-15/h4-7,11-13,16-17H,2-3,8-10H2,1H3/t13-,16?,17?/m1/s1. The van der Waals surface area contributed by atoms with Crippen molar-refractivity contribution in [2.45, 2.75) is 50.6 Å². The Hall–Kier alpha value is -1.85. The minimum Gasteiger partial charge on any atom is -0.298 e. The van der Waals surface area contributed by atoms with Gasteiger partial charge in [-0.05, 0) is 69.0 Å². The number of likely N-dealkylation sites (tertiary alicyclic amines) is 1. The lowest BCUT2D eigenvalue weighted by Crippen LogP contribution is -2.45. The summed E-state index contributed by atoms with van der Waals surface area (Å²) in [5.74, 6) is 0.169. The summed E-state index contributed by atoms with van der Waals surface area (Å²) in [5, 5.41) is 1.28. The lowest BCUT2D eigenvalue weighted by Gasteiger charge is -2.42. The minimum atomic E-state index is -0.443. The maximum Gasteiger partial charge on any atom is 0.212 e. The molecule has 1 saturated heterocycles. The minimum absolute atomic E-state index is 0.443. The van der Waals surface area contributed by atoms with E-state index in [0.29, 0.717) is 5.92 Å². The summed E-state index contributed by atoms with van der Waals surface area (Å²) in [4.78, 5) is 11.3. The van der Waals surface area contributed by atoms with Crippen molar-refractivity contribution < 1.29 is 4.39 Å². The van der Waals surface area contributed by atoms with Crippen LogP contribution in [-0.4, -0.2) is 33.5 Å². The lowest BCUT2D eigenvalue weighted by molar-refractivity contribution is 0.103. The van der Waals surface area contributed by atoms with Crippen LogP contribution in [0.15, 0.2) is 36.5 Å². The molecule has 1 aliphatic carbocycles. The number of thiazole rings is 1. The maximum absolute atomic E-state index is 13.0. The summed E-state index contributed by atoms with van der Waals surface area (Å²) < 4.78 is 14.2. The van der Waals surface area contributed by atoms with Crippen molar-refractivity contribution in [1.29, 1.82) is 0 Å². The van der Waals surface area contributed by atoms with E-state index >= 15 is 0 Å². The molecule has 5 heteroatoms. The number of hydrogen-bond donors (Lipinski definition) is 0. The molecule has 0 spiro atoms. The summed E-state index contributed by atoms with van der Waals surface area (Å²) in [7, 11) is 0. The van der Waals surface area contributed by atoms with Crippen LogP contribution in [0.5, 0.6) is 0 Å². The van der Waals surface area contributed by atoms with E-state index in [1.165, 1.54) is 48.0 Å². The van der Waals surface area contributed by atoms with Crippen molar-refractivity contribution >= 4 is 21.6 Å². The van der Waals surface area contributed by atoms with Crippen LogP contribution in [0.4, 0.5) is 4.39 Å². The molecule has 0 N–H and O–H groups in total. The summed E-state index contributed by atoms with van der Waals surface area (Å²) in [6.07, 6.45) is 6.79. The molecule has 3 aromatic rings. The molecule has 1 saturated carbocycles. The monoisotopic (exact) mass is 367 g/mol. The first-order valence-corrected chi connectivity index (χ1v) is 10.3. The van der Waals surface area contributed by atoms with Crippen molar-refractivity contribution in [2.75, 3.05) is 6.54 Å². The molecule has 0 unspecified atom stereocenters.